The Morgan fingerprint density at radius 2 is 1.98 bits per heavy atom. The van der Waals surface area contributed by atoms with E-state index in [1.165, 1.54) is 19.4 Å². The third-order valence-corrected chi connectivity index (χ3v) is 9.11. The quantitative estimate of drug-likeness (QED) is 0.273. The summed E-state index contributed by atoms with van der Waals surface area (Å²) in [6, 6.07) is 5.59. The molecule has 3 aliphatic heterocycles. The number of rotatable bonds is 8. The Kier molecular flexibility index (Phi) is 10.3. The minimum atomic E-state index is -0.419. The molecule has 1 atom stereocenters. The Labute approximate surface area is 277 Å². The third kappa shape index (κ3) is 7.33. The number of benzene rings is 1. The van der Waals surface area contributed by atoms with Crippen molar-refractivity contribution in [3.05, 3.63) is 71.3 Å². The molecule has 7 rings (SSSR count). The van der Waals surface area contributed by atoms with Crippen LogP contribution in [0.25, 0.3) is 16.5 Å². The van der Waals surface area contributed by atoms with Gasteiger partial charge < -0.3 is 29.7 Å². The lowest BCUT2D eigenvalue weighted by atomic mass is 9.93. The number of nitrogens with one attached hydrogen (secondary N) is 2. The Hall–Kier alpha value is -4.85. The van der Waals surface area contributed by atoms with Gasteiger partial charge in [-0.3, -0.25) is 14.3 Å². The predicted octanol–water partition coefficient (Wildman–Crippen LogP) is 3.85. The predicted molar refractivity (Wildman–Crippen MR) is 177 cm³/mol. The molecule has 6 heterocycles. The molecule has 3 aromatic heterocycles. The van der Waals surface area contributed by atoms with Crippen molar-refractivity contribution in [3.8, 4) is 5.75 Å². The molecule has 48 heavy (non-hydrogen) atoms. The monoisotopic (exact) mass is 661 g/mol. The van der Waals surface area contributed by atoms with Crippen LogP contribution in [-0.4, -0.2) is 100 Å². The fraction of sp³-hybridized carbons (Fsp3) is 0.441. The van der Waals surface area contributed by atoms with Crippen LogP contribution in [0.1, 0.15) is 48.5 Å². The van der Waals surface area contributed by atoms with Gasteiger partial charge in [-0.25, -0.2) is 13.8 Å². The van der Waals surface area contributed by atoms with Crippen molar-refractivity contribution < 1.29 is 23.1 Å². The van der Waals surface area contributed by atoms with Crippen LogP contribution in [0.15, 0.2) is 42.9 Å². The molecule has 12 nitrogen and oxygen atoms in total. The fourth-order valence-electron chi connectivity index (χ4n) is 6.61. The Bertz CT molecular complexity index is 1760. The topological polar surface area (TPSA) is 125 Å². The van der Waals surface area contributed by atoms with Crippen LogP contribution in [0.3, 0.4) is 0 Å². The molecule has 4 aromatic rings. The summed E-state index contributed by atoms with van der Waals surface area (Å²) < 4.78 is 35.3. The molecular formula is C34H41F2N9O3. The highest BCUT2D eigenvalue weighted by molar-refractivity contribution is 5.90. The zero-order valence-electron chi connectivity index (χ0n) is 27.3. The first kappa shape index (κ1) is 33.1. The highest BCUT2D eigenvalue weighted by atomic mass is 19.1. The summed E-state index contributed by atoms with van der Waals surface area (Å²) in [6.45, 7) is 7.16. The third-order valence-electron chi connectivity index (χ3n) is 9.11. The fourth-order valence-corrected chi connectivity index (χ4v) is 6.61. The number of H-pyrrole nitrogens is 1. The van der Waals surface area contributed by atoms with E-state index in [2.05, 4.69) is 31.7 Å². The van der Waals surface area contributed by atoms with Gasteiger partial charge in [-0.15, -0.1) is 5.10 Å². The van der Waals surface area contributed by atoms with E-state index < -0.39 is 5.82 Å². The average Bonchev–Trinajstić information content (AvgIpc) is 3.91. The minimum Gasteiger partial charge on any atom is -0.493 e. The number of carbonyl (C=O) groups is 2. The maximum Gasteiger partial charge on any atom is 0.224 e. The number of nitrogens with zero attached hydrogens (tertiary/aromatic N) is 7. The summed E-state index contributed by atoms with van der Waals surface area (Å²) in [7, 11) is 1.49. The number of amides is 2. The van der Waals surface area contributed by atoms with E-state index in [-0.39, 0.29) is 17.8 Å². The normalized spacial score (nSPS) is 18.0. The molecule has 0 bridgehead atoms. The number of anilines is 1. The molecule has 1 unspecified atom stereocenters. The van der Waals surface area contributed by atoms with Crippen LogP contribution in [0.4, 0.5) is 14.6 Å². The van der Waals surface area contributed by atoms with Gasteiger partial charge in [-0.1, -0.05) is 11.3 Å². The summed E-state index contributed by atoms with van der Waals surface area (Å²) in [5.41, 5.74) is 4.14. The van der Waals surface area contributed by atoms with E-state index in [1.54, 1.807) is 22.0 Å². The van der Waals surface area contributed by atoms with E-state index in [9.17, 15) is 14.0 Å². The molecule has 2 saturated heterocycles. The molecule has 1 aromatic carbocycles. The van der Waals surface area contributed by atoms with E-state index in [0.717, 1.165) is 54.4 Å². The van der Waals surface area contributed by atoms with Gasteiger partial charge in [0.2, 0.25) is 12.3 Å². The number of piperazine rings is 1. The molecule has 2 N–H and O–H groups in total. The van der Waals surface area contributed by atoms with Gasteiger partial charge in [-0.05, 0) is 56.0 Å². The maximum atomic E-state index is 15.6. The molecule has 0 aliphatic carbocycles. The van der Waals surface area contributed by atoms with Crippen LogP contribution in [-0.2, 0) is 16.1 Å². The highest BCUT2D eigenvalue weighted by Crippen LogP contribution is 2.36. The lowest BCUT2D eigenvalue weighted by molar-refractivity contribution is -0.131. The number of hydrogen-bond donors (Lipinski definition) is 2. The lowest BCUT2D eigenvalue weighted by Crippen LogP contribution is -2.46. The number of aryl methyl sites for hydroxylation is 2. The first-order valence-corrected chi connectivity index (χ1v) is 16.3. The Balaban J connectivity index is 0.000000200. The van der Waals surface area contributed by atoms with Crippen molar-refractivity contribution in [1.82, 2.24) is 40.1 Å². The van der Waals surface area contributed by atoms with Crippen LogP contribution in [0.2, 0.25) is 0 Å². The van der Waals surface area contributed by atoms with E-state index in [0.29, 0.717) is 74.9 Å². The van der Waals surface area contributed by atoms with Gasteiger partial charge in [0, 0.05) is 80.6 Å². The number of aromatic nitrogens is 5. The van der Waals surface area contributed by atoms with E-state index in [4.69, 9.17) is 4.74 Å². The highest BCUT2D eigenvalue weighted by Gasteiger charge is 2.26. The summed E-state index contributed by atoms with van der Waals surface area (Å²) >= 11 is 0. The van der Waals surface area contributed by atoms with Gasteiger partial charge in [0.15, 0.2) is 17.4 Å². The molecule has 0 saturated carbocycles. The second-order valence-electron chi connectivity index (χ2n) is 12.3. The van der Waals surface area contributed by atoms with Gasteiger partial charge in [0.1, 0.15) is 5.82 Å². The van der Waals surface area contributed by atoms with Gasteiger partial charge in [0.05, 0.1) is 31.6 Å². The van der Waals surface area contributed by atoms with Crippen molar-refractivity contribution in [3.63, 3.8) is 0 Å². The Morgan fingerprint density at radius 3 is 2.69 bits per heavy atom. The zero-order valence-corrected chi connectivity index (χ0v) is 27.3. The number of ether oxygens (including phenoxy) is 1. The molecule has 0 radical (unpaired) electrons. The average molecular weight is 662 g/mol. The minimum absolute atomic E-state index is 0.0518. The van der Waals surface area contributed by atoms with E-state index in [1.807, 2.05) is 28.9 Å². The molecule has 0 spiro atoms. The van der Waals surface area contributed by atoms with Crippen LogP contribution in [0.5, 0.6) is 5.75 Å². The van der Waals surface area contributed by atoms with Crippen molar-refractivity contribution in [1.29, 1.82) is 0 Å². The first-order chi connectivity index (χ1) is 23.3. The lowest BCUT2D eigenvalue weighted by Gasteiger charge is -2.33. The number of methoxy groups -OCH3 is 1. The number of hydrogen-bond acceptors (Lipinski definition) is 8. The molecule has 2 amide bonds. The first-order valence-electron chi connectivity index (χ1n) is 16.3. The van der Waals surface area contributed by atoms with Gasteiger partial charge >= 0.3 is 0 Å². The second kappa shape index (κ2) is 14.9. The number of halogens is 2. The van der Waals surface area contributed by atoms with Crippen LogP contribution < -0.4 is 15.0 Å². The van der Waals surface area contributed by atoms with Crippen molar-refractivity contribution in [2.24, 2.45) is 0 Å². The van der Waals surface area contributed by atoms with E-state index >= 15 is 4.39 Å². The number of carbonyl (C=O) groups excluding carboxylic acids is 2. The number of fused-ring (bicyclic) bond motifs is 1. The smallest absolute Gasteiger partial charge is 0.224 e. The summed E-state index contributed by atoms with van der Waals surface area (Å²) in [5, 5.41) is 12.2. The Morgan fingerprint density at radius 1 is 1.15 bits per heavy atom. The summed E-state index contributed by atoms with van der Waals surface area (Å²) in [4.78, 5) is 36.1. The summed E-state index contributed by atoms with van der Waals surface area (Å²) in [5.74, 6) is 0.449. The number of aromatic amines is 1. The van der Waals surface area contributed by atoms with Gasteiger partial charge in [-0.2, -0.15) is 0 Å². The van der Waals surface area contributed by atoms with Crippen molar-refractivity contribution in [2.45, 2.75) is 45.2 Å². The largest absolute Gasteiger partial charge is 0.493 e. The second-order valence-corrected chi connectivity index (χ2v) is 12.3. The maximum absolute atomic E-state index is 15.6. The molecular weight excluding hydrogens is 620 g/mol. The number of pyridine rings is 1. The van der Waals surface area contributed by atoms with Crippen molar-refractivity contribution >= 4 is 34.6 Å². The molecule has 14 heteroatoms. The molecule has 3 aliphatic rings. The molecule has 254 valence electrons. The van der Waals surface area contributed by atoms with Crippen LogP contribution >= 0.6 is 0 Å². The molecule has 2 fully saturated rings. The van der Waals surface area contributed by atoms with Gasteiger partial charge in [0.25, 0.3) is 0 Å². The SMILES string of the molecule is COc1cc(F)cnc1N1CCN(C=O)CC1.Cc1cc2c(C3CCCN3)cc(C3=CCCN(C(=O)CCn4ccnn4)C3)c(F)c2[nH]1. The zero-order chi connectivity index (χ0) is 33.6. The summed E-state index contributed by atoms with van der Waals surface area (Å²) in [6.07, 6.45) is 10.7. The van der Waals surface area contributed by atoms with Crippen LogP contribution in [0, 0.1) is 18.6 Å². The van der Waals surface area contributed by atoms with Crippen molar-refractivity contribution in [2.75, 3.05) is 57.8 Å². The standard InChI is InChI=1S/C23H27FN6O.C11H14FN3O2/c1-15-12-19-18(20-5-2-7-25-20)13-17(22(24)23(19)27-15)16-4-3-9-29(14-16)21(31)6-10-30-11-8-26-28-30;1-17-10-6-9(12)7-13-11(10)15-4-2-14(8-16)3-5-15/h4,8,11-13,20,25,27H,2-3,5-7,9-10,14H2,1H3;6-8H,2-5H2,1H3.